The van der Waals surface area contributed by atoms with Crippen LogP contribution in [0.25, 0.3) is 0 Å². The van der Waals surface area contributed by atoms with Crippen molar-refractivity contribution in [1.29, 1.82) is 0 Å². The van der Waals surface area contributed by atoms with Crippen molar-refractivity contribution in [2.75, 3.05) is 6.54 Å². The molecule has 0 saturated heterocycles. The molecular weight excluding hydrogens is 154 g/mol. The summed E-state index contributed by atoms with van der Waals surface area (Å²) in [5.41, 5.74) is -0.612. The van der Waals surface area contributed by atoms with Gasteiger partial charge in [-0.1, -0.05) is 12.2 Å². The first-order chi connectivity index (χ1) is 5.71. The summed E-state index contributed by atoms with van der Waals surface area (Å²) >= 11 is 0. The number of rotatable bonds is 4. The van der Waals surface area contributed by atoms with Gasteiger partial charge in [-0.3, -0.25) is 10.1 Å². The van der Waals surface area contributed by atoms with Gasteiger partial charge in [-0.2, -0.15) is 0 Å². The van der Waals surface area contributed by atoms with Crippen LogP contribution in [0, 0.1) is 0 Å². The Hall–Kier alpha value is -0.830. The largest absolute Gasteiger partial charge is 0.480 e. The van der Waals surface area contributed by atoms with Crippen LogP contribution in [0.4, 0.5) is 0 Å². The van der Waals surface area contributed by atoms with Crippen molar-refractivity contribution in [2.45, 2.75) is 31.7 Å². The van der Waals surface area contributed by atoms with Gasteiger partial charge in [0.15, 0.2) is 0 Å². The molecular formula is C9H15NO2. The molecule has 0 unspecified atom stereocenters. The zero-order valence-electron chi connectivity index (χ0n) is 7.34. The number of carboxylic acid groups (broad SMARTS) is 1. The third kappa shape index (κ3) is 1.67. The Labute approximate surface area is 72.5 Å². The molecule has 0 spiro atoms. The highest BCUT2D eigenvalue weighted by molar-refractivity contribution is 5.80. The summed E-state index contributed by atoms with van der Waals surface area (Å²) in [6, 6.07) is 0. The first-order valence-electron chi connectivity index (χ1n) is 4.31. The molecule has 1 rings (SSSR count). The van der Waals surface area contributed by atoms with E-state index in [2.05, 4.69) is 5.32 Å². The van der Waals surface area contributed by atoms with Gasteiger partial charge in [0.25, 0.3) is 0 Å². The Kier molecular flexibility index (Phi) is 2.87. The van der Waals surface area contributed by atoms with E-state index in [0.717, 1.165) is 19.3 Å². The molecule has 1 aliphatic rings. The van der Waals surface area contributed by atoms with E-state index in [9.17, 15) is 4.79 Å². The second-order valence-corrected chi connectivity index (χ2v) is 3.19. The van der Waals surface area contributed by atoms with Gasteiger partial charge in [0.05, 0.1) is 0 Å². The van der Waals surface area contributed by atoms with Crippen LogP contribution >= 0.6 is 0 Å². The number of hydrogen-bond acceptors (Lipinski definition) is 2. The minimum absolute atomic E-state index is 0.612. The third-order valence-corrected chi connectivity index (χ3v) is 2.41. The fourth-order valence-corrected chi connectivity index (χ4v) is 1.37. The van der Waals surface area contributed by atoms with Crippen molar-refractivity contribution in [1.82, 2.24) is 5.32 Å². The van der Waals surface area contributed by atoms with E-state index in [0.29, 0.717) is 6.54 Å². The molecule has 0 aromatic heterocycles. The fraction of sp³-hybridized carbons (Fsp3) is 0.667. The lowest BCUT2D eigenvalue weighted by Crippen LogP contribution is -2.57. The minimum atomic E-state index is -0.710. The zero-order valence-corrected chi connectivity index (χ0v) is 7.34. The predicted octanol–water partition coefficient (Wildman–Crippen LogP) is 1.16. The molecule has 12 heavy (non-hydrogen) atoms. The molecule has 0 aromatic carbocycles. The van der Waals surface area contributed by atoms with Crippen LogP contribution in [-0.2, 0) is 4.79 Å². The molecule has 0 aliphatic heterocycles. The Morgan fingerprint density at radius 2 is 2.33 bits per heavy atom. The topological polar surface area (TPSA) is 49.3 Å². The molecule has 3 heteroatoms. The number of allylic oxidation sites excluding steroid dienone is 1. The summed E-state index contributed by atoms with van der Waals surface area (Å²) in [6.07, 6.45) is 6.40. The highest BCUT2D eigenvalue weighted by Gasteiger charge is 2.43. The van der Waals surface area contributed by atoms with E-state index in [1.54, 1.807) is 0 Å². The summed E-state index contributed by atoms with van der Waals surface area (Å²) < 4.78 is 0. The van der Waals surface area contributed by atoms with Gasteiger partial charge in [-0.15, -0.1) is 0 Å². The Morgan fingerprint density at radius 3 is 2.67 bits per heavy atom. The first-order valence-corrected chi connectivity index (χ1v) is 4.31. The van der Waals surface area contributed by atoms with Crippen molar-refractivity contribution in [3.63, 3.8) is 0 Å². The number of nitrogens with one attached hydrogen (secondary N) is 1. The molecule has 0 radical (unpaired) electrons. The van der Waals surface area contributed by atoms with Gasteiger partial charge in [0, 0.05) is 6.54 Å². The van der Waals surface area contributed by atoms with Crippen LogP contribution in [0.5, 0.6) is 0 Å². The Bertz CT molecular complexity index is 195. The second-order valence-electron chi connectivity index (χ2n) is 3.19. The van der Waals surface area contributed by atoms with Crippen molar-refractivity contribution >= 4 is 5.97 Å². The molecule has 0 bridgehead atoms. The lowest BCUT2D eigenvalue weighted by molar-refractivity contribution is -0.148. The number of carboxylic acids is 1. The lowest BCUT2D eigenvalue weighted by Gasteiger charge is -2.38. The van der Waals surface area contributed by atoms with E-state index >= 15 is 0 Å². The van der Waals surface area contributed by atoms with Crippen LogP contribution in [0.2, 0.25) is 0 Å². The summed E-state index contributed by atoms with van der Waals surface area (Å²) in [5.74, 6) is -0.710. The van der Waals surface area contributed by atoms with Gasteiger partial charge >= 0.3 is 5.97 Å². The highest BCUT2D eigenvalue weighted by Crippen LogP contribution is 2.31. The van der Waals surface area contributed by atoms with Gasteiger partial charge in [0.2, 0.25) is 0 Å². The molecule has 0 atom stereocenters. The second kappa shape index (κ2) is 3.72. The molecule has 1 saturated carbocycles. The van der Waals surface area contributed by atoms with Crippen LogP contribution in [-0.4, -0.2) is 23.2 Å². The number of hydrogen-bond donors (Lipinski definition) is 2. The molecule has 1 aliphatic carbocycles. The summed E-state index contributed by atoms with van der Waals surface area (Å²) in [5, 5.41) is 11.9. The molecule has 3 nitrogen and oxygen atoms in total. The maximum Gasteiger partial charge on any atom is 0.323 e. The zero-order chi connectivity index (χ0) is 9.03. The minimum Gasteiger partial charge on any atom is -0.480 e. The normalized spacial score (nSPS) is 20.8. The van der Waals surface area contributed by atoms with Gasteiger partial charge in [-0.25, -0.2) is 0 Å². The summed E-state index contributed by atoms with van der Waals surface area (Å²) in [6.45, 7) is 2.58. The molecule has 0 aromatic rings. The monoisotopic (exact) mass is 169 g/mol. The standard InChI is InChI=1S/C9H15NO2/c1-2-3-7-10-9(8(11)12)5-4-6-9/h2-3,10H,4-7H2,1H3,(H,11,12)/b3-2+. The summed E-state index contributed by atoms with van der Waals surface area (Å²) in [4.78, 5) is 10.8. The van der Waals surface area contributed by atoms with Crippen LogP contribution in [0.1, 0.15) is 26.2 Å². The van der Waals surface area contributed by atoms with E-state index in [1.165, 1.54) is 0 Å². The quantitative estimate of drug-likeness (QED) is 0.621. The van der Waals surface area contributed by atoms with Gasteiger partial charge in [0.1, 0.15) is 5.54 Å². The molecule has 1 fully saturated rings. The number of aliphatic carboxylic acids is 1. The van der Waals surface area contributed by atoms with Gasteiger partial charge in [-0.05, 0) is 26.2 Å². The van der Waals surface area contributed by atoms with Gasteiger partial charge < -0.3 is 5.11 Å². The molecule has 0 amide bonds. The maximum atomic E-state index is 10.8. The predicted molar refractivity (Wildman–Crippen MR) is 47.0 cm³/mol. The molecule has 0 heterocycles. The van der Waals surface area contributed by atoms with E-state index in [1.807, 2.05) is 19.1 Å². The maximum absolute atomic E-state index is 10.8. The molecule has 2 N–H and O–H groups in total. The van der Waals surface area contributed by atoms with E-state index < -0.39 is 11.5 Å². The average molecular weight is 169 g/mol. The van der Waals surface area contributed by atoms with Crippen molar-refractivity contribution in [2.24, 2.45) is 0 Å². The van der Waals surface area contributed by atoms with Crippen molar-refractivity contribution < 1.29 is 9.90 Å². The van der Waals surface area contributed by atoms with Crippen molar-refractivity contribution in [3.8, 4) is 0 Å². The molecule has 68 valence electrons. The Morgan fingerprint density at radius 1 is 1.67 bits per heavy atom. The van der Waals surface area contributed by atoms with Crippen molar-refractivity contribution in [3.05, 3.63) is 12.2 Å². The van der Waals surface area contributed by atoms with Crippen LogP contribution in [0.15, 0.2) is 12.2 Å². The average Bonchev–Trinajstić information content (AvgIpc) is 1.94. The highest BCUT2D eigenvalue weighted by atomic mass is 16.4. The summed E-state index contributed by atoms with van der Waals surface area (Å²) in [7, 11) is 0. The number of carbonyl (C=O) groups is 1. The van der Waals surface area contributed by atoms with Crippen LogP contribution in [0.3, 0.4) is 0 Å². The van der Waals surface area contributed by atoms with E-state index in [4.69, 9.17) is 5.11 Å². The van der Waals surface area contributed by atoms with Crippen LogP contribution < -0.4 is 5.32 Å². The smallest absolute Gasteiger partial charge is 0.323 e. The SMILES string of the molecule is C/C=C/CNC1(C(=O)O)CCC1. The Balaban J connectivity index is 2.40. The first kappa shape index (κ1) is 9.26. The fourth-order valence-electron chi connectivity index (χ4n) is 1.37. The lowest BCUT2D eigenvalue weighted by atomic mass is 9.77. The van der Waals surface area contributed by atoms with E-state index in [-0.39, 0.29) is 0 Å². The third-order valence-electron chi connectivity index (χ3n) is 2.41.